The van der Waals surface area contributed by atoms with Crippen LogP contribution in [0.25, 0.3) is 22.3 Å². The SMILES string of the molecule is CCN1CCN(CCCNC(=O)c2cc(-c3ccccc3)nc3c2c(C)nn3C)CC1. The summed E-state index contributed by atoms with van der Waals surface area (Å²) in [6, 6.07) is 11.9. The Kier molecular flexibility index (Phi) is 6.63. The van der Waals surface area contributed by atoms with Gasteiger partial charge in [-0.25, -0.2) is 4.98 Å². The zero-order valence-corrected chi connectivity index (χ0v) is 18.8. The molecule has 1 saturated heterocycles. The summed E-state index contributed by atoms with van der Waals surface area (Å²) >= 11 is 0. The second-order valence-electron chi connectivity index (χ2n) is 8.21. The predicted octanol–water partition coefficient (Wildman–Crippen LogP) is 2.70. The van der Waals surface area contributed by atoms with Gasteiger partial charge in [0.1, 0.15) is 0 Å². The van der Waals surface area contributed by atoms with E-state index in [0.717, 1.165) is 73.7 Å². The minimum Gasteiger partial charge on any atom is -0.352 e. The van der Waals surface area contributed by atoms with Gasteiger partial charge in [0.2, 0.25) is 0 Å². The van der Waals surface area contributed by atoms with Crippen LogP contribution in [0.15, 0.2) is 36.4 Å². The largest absolute Gasteiger partial charge is 0.352 e. The monoisotopic (exact) mass is 420 g/mol. The van der Waals surface area contributed by atoms with Crippen LogP contribution in [0.4, 0.5) is 0 Å². The summed E-state index contributed by atoms with van der Waals surface area (Å²) in [5.41, 5.74) is 3.98. The lowest BCUT2D eigenvalue weighted by atomic mass is 10.0. The summed E-state index contributed by atoms with van der Waals surface area (Å²) < 4.78 is 1.75. The Labute approximate surface area is 184 Å². The van der Waals surface area contributed by atoms with Gasteiger partial charge in [0.25, 0.3) is 5.91 Å². The first kappa shape index (κ1) is 21.5. The molecule has 0 saturated carbocycles. The molecule has 0 bridgehead atoms. The zero-order valence-electron chi connectivity index (χ0n) is 18.8. The number of piperazine rings is 1. The number of aromatic nitrogens is 3. The van der Waals surface area contributed by atoms with Crippen molar-refractivity contribution < 1.29 is 4.79 Å². The molecular weight excluding hydrogens is 388 g/mol. The van der Waals surface area contributed by atoms with E-state index in [9.17, 15) is 4.79 Å². The normalized spacial score (nSPS) is 15.5. The fourth-order valence-electron chi connectivity index (χ4n) is 4.31. The van der Waals surface area contributed by atoms with Crippen molar-refractivity contribution in [2.24, 2.45) is 7.05 Å². The van der Waals surface area contributed by atoms with Gasteiger partial charge >= 0.3 is 0 Å². The first-order chi connectivity index (χ1) is 15.1. The summed E-state index contributed by atoms with van der Waals surface area (Å²) in [5, 5.41) is 8.46. The second-order valence-corrected chi connectivity index (χ2v) is 8.21. The van der Waals surface area contributed by atoms with Gasteiger partial charge in [0, 0.05) is 45.3 Å². The molecule has 1 fully saturated rings. The molecule has 2 aromatic heterocycles. The molecule has 0 atom stereocenters. The lowest BCUT2D eigenvalue weighted by Crippen LogP contribution is -2.46. The van der Waals surface area contributed by atoms with Gasteiger partial charge < -0.3 is 15.1 Å². The number of amides is 1. The van der Waals surface area contributed by atoms with E-state index in [2.05, 4.69) is 27.1 Å². The molecule has 3 aromatic rings. The van der Waals surface area contributed by atoms with Crippen LogP contribution in [-0.2, 0) is 7.05 Å². The molecule has 4 rings (SSSR count). The number of benzene rings is 1. The van der Waals surface area contributed by atoms with Gasteiger partial charge in [0.05, 0.1) is 22.3 Å². The Morgan fingerprint density at radius 2 is 1.81 bits per heavy atom. The molecule has 164 valence electrons. The number of aryl methyl sites for hydroxylation is 2. The van der Waals surface area contributed by atoms with Crippen LogP contribution in [0.1, 0.15) is 29.4 Å². The number of nitrogens with one attached hydrogen (secondary N) is 1. The number of fused-ring (bicyclic) bond motifs is 1. The fraction of sp³-hybridized carbons (Fsp3) is 0.458. The van der Waals surface area contributed by atoms with E-state index in [1.54, 1.807) is 4.68 Å². The van der Waals surface area contributed by atoms with E-state index in [-0.39, 0.29) is 5.91 Å². The molecule has 0 radical (unpaired) electrons. The van der Waals surface area contributed by atoms with Crippen LogP contribution in [0.3, 0.4) is 0 Å². The highest BCUT2D eigenvalue weighted by Crippen LogP contribution is 2.26. The number of pyridine rings is 1. The molecule has 3 heterocycles. The molecule has 1 N–H and O–H groups in total. The standard InChI is InChI=1S/C24H32N6O/c1-4-29-13-15-30(16-14-29)12-8-11-25-24(31)20-17-21(19-9-6-5-7-10-19)26-23-22(20)18(2)27-28(23)3/h5-7,9-10,17H,4,8,11-16H2,1-3H3,(H,25,31). The molecule has 1 aromatic carbocycles. The number of carbonyl (C=O) groups excluding carboxylic acids is 1. The molecule has 0 unspecified atom stereocenters. The molecule has 0 spiro atoms. The molecule has 0 aliphatic carbocycles. The van der Waals surface area contributed by atoms with Crippen molar-refractivity contribution in [3.05, 3.63) is 47.7 Å². The lowest BCUT2D eigenvalue weighted by Gasteiger charge is -2.33. The van der Waals surface area contributed by atoms with E-state index >= 15 is 0 Å². The van der Waals surface area contributed by atoms with Gasteiger partial charge in [-0.15, -0.1) is 0 Å². The second kappa shape index (κ2) is 9.58. The summed E-state index contributed by atoms with van der Waals surface area (Å²) in [4.78, 5) is 22.9. The van der Waals surface area contributed by atoms with Crippen molar-refractivity contribution >= 4 is 16.9 Å². The third-order valence-corrected chi connectivity index (χ3v) is 6.13. The van der Waals surface area contributed by atoms with E-state index in [1.165, 1.54) is 0 Å². The summed E-state index contributed by atoms with van der Waals surface area (Å²) in [6.45, 7) is 11.5. The maximum Gasteiger partial charge on any atom is 0.252 e. The Bertz CT molecular complexity index is 1040. The summed E-state index contributed by atoms with van der Waals surface area (Å²) in [7, 11) is 1.87. The lowest BCUT2D eigenvalue weighted by molar-refractivity contribution is 0.0950. The number of rotatable bonds is 7. The van der Waals surface area contributed by atoms with Crippen molar-refractivity contribution in [2.75, 3.05) is 45.8 Å². The fourth-order valence-corrected chi connectivity index (χ4v) is 4.31. The topological polar surface area (TPSA) is 66.3 Å². The van der Waals surface area contributed by atoms with Crippen LogP contribution >= 0.6 is 0 Å². The number of likely N-dealkylation sites (N-methyl/N-ethyl adjacent to an activating group) is 1. The van der Waals surface area contributed by atoms with Crippen LogP contribution in [0.5, 0.6) is 0 Å². The Balaban J connectivity index is 1.46. The Morgan fingerprint density at radius 3 is 2.52 bits per heavy atom. The highest BCUT2D eigenvalue weighted by Gasteiger charge is 2.19. The highest BCUT2D eigenvalue weighted by atomic mass is 16.1. The highest BCUT2D eigenvalue weighted by molar-refractivity contribution is 6.07. The summed E-state index contributed by atoms with van der Waals surface area (Å²) in [6.07, 6.45) is 0.948. The third-order valence-electron chi connectivity index (χ3n) is 6.13. The van der Waals surface area contributed by atoms with Gasteiger partial charge in [-0.2, -0.15) is 5.10 Å². The van der Waals surface area contributed by atoms with Crippen LogP contribution in [0, 0.1) is 6.92 Å². The molecule has 1 aliphatic rings. The molecular formula is C24H32N6O. The number of hydrogen-bond acceptors (Lipinski definition) is 5. The van der Waals surface area contributed by atoms with Crippen LogP contribution < -0.4 is 5.32 Å². The first-order valence-electron chi connectivity index (χ1n) is 11.2. The minimum atomic E-state index is -0.0588. The molecule has 31 heavy (non-hydrogen) atoms. The quantitative estimate of drug-likeness (QED) is 0.596. The van der Waals surface area contributed by atoms with Crippen LogP contribution in [-0.4, -0.2) is 76.3 Å². The number of nitrogens with zero attached hydrogens (tertiary/aromatic N) is 5. The van der Waals surface area contributed by atoms with Crippen molar-refractivity contribution in [1.29, 1.82) is 0 Å². The number of carbonyl (C=O) groups is 1. The third kappa shape index (κ3) is 4.78. The zero-order chi connectivity index (χ0) is 21.8. The molecule has 7 nitrogen and oxygen atoms in total. The first-order valence-corrected chi connectivity index (χ1v) is 11.2. The number of hydrogen-bond donors (Lipinski definition) is 1. The van der Waals surface area contributed by atoms with E-state index in [0.29, 0.717) is 12.1 Å². The van der Waals surface area contributed by atoms with E-state index in [1.807, 2.05) is 50.4 Å². The van der Waals surface area contributed by atoms with E-state index in [4.69, 9.17) is 4.98 Å². The van der Waals surface area contributed by atoms with Crippen LogP contribution in [0.2, 0.25) is 0 Å². The Hall–Kier alpha value is -2.77. The molecule has 1 aliphatic heterocycles. The maximum absolute atomic E-state index is 13.1. The Morgan fingerprint density at radius 1 is 1.10 bits per heavy atom. The average molecular weight is 421 g/mol. The van der Waals surface area contributed by atoms with Gasteiger partial charge in [-0.3, -0.25) is 9.48 Å². The van der Waals surface area contributed by atoms with E-state index < -0.39 is 0 Å². The molecule has 7 heteroatoms. The average Bonchev–Trinajstić information content (AvgIpc) is 3.10. The van der Waals surface area contributed by atoms with Crippen molar-refractivity contribution in [3.8, 4) is 11.3 Å². The van der Waals surface area contributed by atoms with Crippen molar-refractivity contribution in [2.45, 2.75) is 20.3 Å². The van der Waals surface area contributed by atoms with Gasteiger partial charge in [0.15, 0.2) is 5.65 Å². The predicted molar refractivity (Wildman–Crippen MR) is 124 cm³/mol. The van der Waals surface area contributed by atoms with Crippen molar-refractivity contribution in [3.63, 3.8) is 0 Å². The van der Waals surface area contributed by atoms with Crippen molar-refractivity contribution in [1.82, 2.24) is 29.9 Å². The molecule has 1 amide bonds. The van der Waals surface area contributed by atoms with Gasteiger partial charge in [-0.1, -0.05) is 37.3 Å². The minimum absolute atomic E-state index is 0.0588. The maximum atomic E-state index is 13.1. The smallest absolute Gasteiger partial charge is 0.252 e. The summed E-state index contributed by atoms with van der Waals surface area (Å²) in [5.74, 6) is -0.0588. The van der Waals surface area contributed by atoms with Gasteiger partial charge in [-0.05, 0) is 32.5 Å².